The summed E-state index contributed by atoms with van der Waals surface area (Å²) in [5.74, 6) is 5.35. The molecule has 1 unspecified atom stereocenters. The number of rotatable bonds is 5. The number of hydrazine groups is 1. The third-order valence-corrected chi connectivity index (χ3v) is 4.38. The van der Waals surface area contributed by atoms with Crippen LogP contribution in [0, 0.1) is 5.82 Å². The molecule has 0 radical (unpaired) electrons. The first kappa shape index (κ1) is 13.7. The highest BCUT2D eigenvalue weighted by Crippen LogP contribution is 2.21. The minimum absolute atomic E-state index is 0.144. The lowest BCUT2D eigenvalue weighted by molar-refractivity contribution is 0.524. The summed E-state index contributed by atoms with van der Waals surface area (Å²) in [7, 11) is 0. The Morgan fingerprint density at radius 1 is 1.33 bits per heavy atom. The Bertz CT molecular complexity index is 502. The molecule has 1 aromatic carbocycles. The van der Waals surface area contributed by atoms with Crippen LogP contribution in [-0.4, -0.2) is 6.04 Å². The van der Waals surface area contributed by atoms with Gasteiger partial charge in [0, 0.05) is 15.4 Å². The summed E-state index contributed by atoms with van der Waals surface area (Å²) in [5, 5.41) is 2.05. The van der Waals surface area contributed by atoms with Crippen molar-refractivity contribution in [1.82, 2.24) is 5.43 Å². The Balaban J connectivity index is 2.05. The first-order valence-electron chi connectivity index (χ1n) is 5.61. The molecule has 0 saturated carbocycles. The van der Waals surface area contributed by atoms with Crippen molar-refractivity contribution in [3.63, 3.8) is 0 Å². The third kappa shape index (κ3) is 3.62. The van der Waals surface area contributed by atoms with Crippen LogP contribution in [0.15, 0.2) is 40.2 Å². The molecular weight excluding hydrogens is 315 g/mol. The maximum atomic E-state index is 13.0. The summed E-state index contributed by atoms with van der Waals surface area (Å²) < 4.78 is 13.8. The van der Waals surface area contributed by atoms with Crippen LogP contribution in [0.3, 0.4) is 0 Å². The molecule has 0 fully saturated rings. The molecule has 2 aromatic rings. The topological polar surface area (TPSA) is 38.0 Å². The van der Waals surface area contributed by atoms with E-state index in [0.717, 1.165) is 22.9 Å². The average molecular weight is 329 g/mol. The zero-order chi connectivity index (χ0) is 13.0. The maximum Gasteiger partial charge on any atom is 0.124 e. The van der Waals surface area contributed by atoms with Gasteiger partial charge in [0.1, 0.15) is 5.82 Å². The van der Waals surface area contributed by atoms with E-state index in [1.807, 2.05) is 6.07 Å². The van der Waals surface area contributed by atoms with Gasteiger partial charge in [0.2, 0.25) is 0 Å². The second-order valence-corrected chi connectivity index (χ2v) is 5.97. The van der Waals surface area contributed by atoms with Gasteiger partial charge in [-0.05, 0) is 42.0 Å². The van der Waals surface area contributed by atoms with Crippen LogP contribution in [-0.2, 0) is 12.8 Å². The number of nitrogens with one attached hydrogen (secondary N) is 1. The number of nitrogens with two attached hydrogens (primary N) is 1. The summed E-state index contributed by atoms with van der Waals surface area (Å²) in [6.45, 7) is 0. The Kier molecular flexibility index (Phi) is 4.88. The Hall–Kier alpha value is -0.750. The zero-order valence-electron chi connectivity index (χ0n) is 9.70. The molecule has 0 spiro atoms. The molecule has 18 heavy (non-hydrogen) atoms. The lowest BCUT2D eigenvalue weighted by atomic mass is 10.0. The van der Waals surface area contributed by atoms with Gasteiger partial charge in [0.15, 0.2) is 0 Å². The Morgan fingerprint density at radius 2 is 2.17 bits per heavy atom. The van der Waals surface area contributed by atoms with Gasteiger partial charge < -0.3 is 0 Å². The molecule has 0 aliphatic heterocycles. The minimum atomic E-state index is -0.235. The Morgan fingerprint density at radius 3 is 2.78 bits per heavy atom. The standard InChI is InChI=1S/C13H14BrFN2S/c14-13-7-10(15)4-3-9(13)6-11(17-16)8-12-2-1-5-18-12/h1-5,7,11,17H,6,8,16H2. The fourth-order valence-corrected chi connectivity index (χ4v) is 3.11. The molecule has 1 heterocycles. The van der Waals surface area contributed by atoms with Gasteiger partial charge in [-0.2, -0.15) is 0 Å². The van der Waals surface area contributed by atoms with Gasteiger partial charge in [0.05, 0.1) is 0 Å². The van der Waals surface area contributed by atoms with Crippen LogP contribution in [0.5, 0.6) is 0 Å². The smallest absolute Gasteiger partial charge is 0.124 e. The predicted molar refractivity (Wildman–Crippen MR) is 76.9 cm³/mol. The highest BCUT2D eigenvalue weighted by molar-refractivity contribution is 9.10. The summed E-state index contributed by atoms with van der Waals surface area (Å²) in [6, 6.07) is 9.01. The SMILES string of the molecule is NNC(Cc1cccs1)Cc1ccc(F)cc1Br. The van der Waals surface area contributed by atoms with Crippen molar-refractivity contribution in [1.29, 1.82) is 0 Å². The third-order valence-electron chi connectivity index (χ3n) is 2.74. The second kappa shape index (κ2) is 6.43. The fraction of sp³-hybridized carbons (Fsp3) is 0.231. The quantitative estimate of drug-likeness (QED) is 0.653. The number of benzene rings is 1. The van der Waals surface area contributed by atoms with Gasteiger partial charge in [0.25, 0.3) is 0 Å². The van der Waals surface area contributed by atoms with Gasteiger partial charge >= 0.3 is 0 Å². The van der Waals surface area contributed by atoms with E-state index in [1.165, 1.54) is 17.0 Å². The molecule has 3 N–H and O–H groups in total. The normalized spacial score (nSPS) is 12.6. The van der Waals surface area contributed by atoms with Crippen LogP contribution in [0.2, 0.25) is 0 Å². The van der Waals surface area contributed by atoms with E-state index >= 15 is 0 Å². The monoisotopic (exact) mass is 328 g/mol. The highest BCUT2D eigenvalue weighted by Gasteiger charge is 2.12. The van der Waals surface area contributed by atoms with Crippen LogP contribution in [0.25, 0.3) is 0 Å². The number of hydrogen-bond donors (Lipinski definition) is 2. The molecule has 2 rings (SSSR count). The van der Waals surface area contributed by atoms with Crippen molar-refractivity contribution in [2.24, 2.45) is 5.84 Å². The summed E-state index contributed by atoms with van der Waals surface area (Å²) >= 11 is 5.09. The van der Waals surface area contributed by atoms with E-state index in [2.05, 4.69) is 32.8 Å². The van der Waals surface area contributed by atoms with E-state index in [9.17, 15) is 4.39 Å². The minimum Gasteiger partial charge on any atom is -0.271 e. The van der Waals surface area contributed by atoms with Crippen molar-refractivity contribution >= 4 is 27.3 Å². The lowest BCUT2D eigenvalue weighted by Gasteiger charge is -2.16. The van der Waals surface area contributed by atoms with Crippen molar-refractivity contribution in [3.05, 3.63) is 56.4 Å². The van der Waals surface area contributed by atoms with Crippen LogP contribution < -0.4 is 11.3 Å². The molecule has 0 saturated heterocycles. The molecule has 0 amide bonds. The highest BCUT2D eigenvalue weighted by atomic mass is 79.9. The maximum absolute atomic E-state index is 13.0. The fourth-order valence-electron chi connectivity index (χ4n) is 1.81. The molecule has 1 aromatic heterocycles. The molecule has 0 bridgehead atoms. The summed E-state index contributed by atoms with van der Waals surface area (Å²) in [5.41, 5.74) is 3.87. The van der Waals surface area contributed by atoms with Crippen molar-refractivity contribution in [3.8, 4) is 0 Å². The second-order valence-electron chi connectivity index (χ2n) is 4.09. The number of hydrogen-bond acceptors (Lipinski definition) is 3. The first-order chi connectivity index (χ1) is 8.69. The van der Waals surface area contributed by atoms with Gasteiger partial charge in [-0.1, -0.05) is 28.1 Å². The summed E-state index contributed by atoms with van der Waals surface area (Å²) in [4.78, 5) is 1.29. The Labute approximate surface area is 118 Å². The number of halogens is 2. The van der Waals surface area contributed by atoms with E-state index in [0.29, 0.717) is 0 Å². The lowest BCUT2D eigenvalue weighted by Crippen LogP contribution is -2.38. The molecule has 0 aliphatic carbocycles. The van der Waals surface area contributed by atoms with Gasteiger partial charge in [-0.3, -0.25) is 11.3 Å². The molecule has 1 atom stereocenters. The van der Waals surface area contributed by atoms with E-state index < -0.39 is 0 Å². The first-order valence-corrected chi connectivity index (χ1v) is 7.28. The van der Waals surface area contributed by atoms with Crippen molar-refractivity contribution in [2.45, 2.75) is 18.9 Å². The van der Waals surface area contributed by atoms with E-state index in [4.69, 9.17) is 5.84 Å². The van der Waals surface area contributed by atoms with E-state index in [1.54, 1.807) is 17.4 Å². The average Bonchev–Trinajstić information content (AvgIpc) is 2.84. The van der Waals surface area contributed by atoms with Gasteiger partial charge in [-0.15, -0.1) is 11.3 Å². The van der Waals surface area contributed by atoms with Crippen LogP contribution in [0.1, 0.15) is 10.4 Å². The van der Waals surface area contributed by atoms with Crippen molar-refractivity contribution in [2.75, 3.05) is 0 Å². The molecule has 96 valence electrons. The molecular formula is C13H14BrFN2S. The van der Waals surface area contributed by atoms with Crippen LogP contribution in [0.4, 0.5) is 4.39 Å². The largest absolute Gasteiger partial charge is 0.271 e. The molecule has 2 nitrogen and oxygen atoms in total. The van der Waals surface area contributed by atoms with E-state index in [-0.39, 0.29) is 11.9 Å². The predicted octanol–water partition coefficient (Wildman–Crippen LogP) is 3.27. The summed E-state index contributed by atoms with van der Waals surface area (Å²) in [6.07, 6.45) is 1.63. The van der Waals surface area contributed by atoms with Crippen LogP contribution >= 0.6 is 27.3 Å². The zero-order valence-corrected chi connectivity index (χ0v) is 12.1. The van der Waals surface area contributed by atoms with Crippen molar-refractivity contribution < 1.29 is 4.39 Å². The number of thiophene rings is 1. The van der Waals surface area contributed by atoms with Gasteiger partial charge in [-0.25, -0.2) is 4.39 Å². The molecule has 0 aliphatic rings. The molecule has 5 heteroatoms.